The molecule has 3 aliphatic rings. The number of rotatable bonds is 6. The molecule has 5 rings (SSSR count). The predicted octanol–water partition coefficient (Wildman–Crippen LogP) is 1.01. The van der Waals surface area contributed by atoms with Crippen molar-refractivity contribution >= 4 is 17.8 Å². The predicted molar refractivity (Wildman–Crippen MR) is 116 cm³/mol. The van der Waals surface area contributed by atoms with E-state index >= 15 is 0 Å². The maximum absolute atomic E-state index is 13.3. The molecule has 1 aromatic carbocycles. The Balaban J connectivity index is 1.28. The third kappa shape index (κ3) is 4.34. The van der Waals surface area contributed by atoms with Crippen molar-refractivity contribution in [3.8, 4) is 11.5 Å². The molecule has 0 saturated carbocycles. The fourth-order valence-electron chi connectivity index (χ4n) is 4.48. The normalized spacial score (nSPS) is 21.7. The molecule has 4 amide bonds. The monoisotopic (exact) mass is 451 g/mol. The summed E-state index contributed by atoms with van der Waals surface area (Å²) in [6, 6.07) is 7.72. The minimum absolute atomic E-state index is 0.119. The highest BCUT2D eigenvalue weighted by Crippen LogP contribution is 2.32. The van der Waals surface area contributed by atoms with E-state index in [-0.39, 0.29) is 37.7 Å². The summed E-state index contributed by atoms with van der Waals surface area (Å²) < 4.78 is 10.7. The summed E-state index contributed by atoms with van der Waals surface area (Å²) in [5.41, 5.74) is 1.66. The Hall–Kier alpha value is -3.66. The lowest BCUT2D eigenvalue weighted by atomic mass is 9.93. The minimum atomic E-state index is -0.514. The zero-order chi connectivity index (χ0) is 22.8. The lowest BCUT2D eigenvalue weighted by molar-refractivity contribution is -0.139. The number of hydrogen-bond donors (Lipinski definition) is 2. The average Bonchev–Trinajstić information content (AvgIpc) is 3.32. The first-order valence-corrected chi connectivity index (χ1v) is 11.0. The van der Waals surface area contributed by atoms with Crippen molar-refractivity contribution in [1.82, 2.24) is 25.4 Å². The van der Waals surface area contributed by atoms with Crippen LogP contribution in [0.5, 0.6) is 11.5 Å². The molecular weight excluding hydrogens is 426 g/mol. The molecule has 2 atom stereocenters. The SMILES string of the molecule is O=C(CN1C(=O)N(Cc2ccncc2)C(=O)C2NCCCC21)NCc1ccc2c(c1)OCO2. The fourth-order valence-corrected chi connectivity index (χ4v) is 4.48. The summed E-state index contributed by atoms with van der Waals surface area (Å²) in [5.74, 6) is 0.787. The van der Waals surface area contributed by atoms with Crippen molar-refractivity contribution in [2.45, 2.75) is 38.0 Å². The number of amides is 4. The Bertz CT molecular complexity index is 1060. The van der Waals surface area contributed by atoms with Crippen LogP contribution >= 0.6 is 0 Å². The van der Waals surface area contributed by atoms with Gasteiger partial charge in [-0.3, -0.25) is 19.5 Å². The highest BCUT2D eigenvalue weighted by Gasteiger charge is 2.47. The molecule has 2 saturated heterocycles. The maximum atomic E-state index is 13.3. The van der Waals surface area contributed by atoms with E-state index in [0.717, 1.165) is 17.5 Å². The summed E-state index contributed by atoms with van der Waals surface area (Å²) >= 11 is 0. The number of fused-ring (bicyclic) bond motifs is 2. The second-order valence-corrected chi connectivity index (χ2v) is 8.30. The van der Waals surface area contributed by atoms with Crippen LogP contribution in [-0.2, 0) is 22.7 Å². The van der Waals surface area contributed by atoms with E-state index in [4.69, 9.17) is 9.47 Å². The van der Waals surface area contributed by atoms with Crippen molar-refractivity contribution < 1.29 is 23.9 Å². The Labute approximate surface area is 190 Å². The molecule has 0 radical (unpaired) electrons. The smallest absolute Gasteiger partial charge is 0.327 e. The van der Waals surface area contributed by atoms with Crippen LogP contribution in [0.15, 0.2) is 42.7 Å². The second kappa shape index (κ2) is 9.07. The molecule has 0 bridgehead atoms. The van der Waals surface area contributed by atoms with Gasteiger partial charge in [-0.25, -0.2) is 4.79 Å². The Morgan fingerprint density at radius 1 is 1.12 bits per heavy atom. The van der Waals surface area contributed by atoms with Gasteiger partial charge in [-0.05, 0) is 54.8 Å². The van der Waals surface area contributed by atoms with Crippen LogP contribution in [-0.4, -0.2) is 64.6 Å². The molecule has 2 N–H and O–H groups in total. The third-order valence-corrected chi connectivity index (χ3v) is 6.17. The molecule has 0 aliphatic carbocycles. The molecule has 10 nitrogen and oxygen atoms in total. The van der Waals surface area contributed by atoms with Crippen molar-refractivity contribution in [3.63, 3.8) is 0 Å². The zero-order valence-corrected chi connectivity index (χ0v) is 18.0. The number of nitrogens with zero attached hydrogens (tertiary/aromatic N) is 3. The number of nitrogens with one attached hydrogen (secondary N) is 2. The first-order valence-electron chi connectivity index (χ1n) is 11.0. The average molecular weight is 451 g/mol. The topological polar surface area (TPSA) is 113 Å². The van der Waals surface area contributed by atoms with E-state index in [1.807, 2.05) is 12.1 Å². The van der Waals surface area contributed by atoms with Crippen LogP contribution in [0.25, 0.3) is 0 Å². The van der Waals surface area contributed by atoms with Crippen LogP contribution in [0.4, 0.5) is 4.79 Å². The van der Waals surface area contributed by atoms with Crippen LogP contribution in [0, 0.1) is 0 Å². The van der Waals surface area contributed by atoms with Crippen molar-refractivity contribution in [2.24, 2.45) is 0 Å². The van der Waals surface area contributed by atoms with Crippen molar-refractivity contribution in [2.75, 3.05) is 19.9 Å². The van der Waals surface area contributed by atoms with E-state index in [9.17, 15) is 14.4 Å². The van der Waals surface area contributed by atoms with Gasteiger partial charge in [-0.15, -0.1) is 0 Å². The largest absolute Gasteiger partial charge is 0.454 e. The van der Waals surface area contributed by atoms with E-state index in [0.29, 0.717) is 31.0 Å². The van der Waals surface area contributed by atoms with Crippen LogP contribution < -0.4 is 20.1 Å². The second-order valence-electron chi connectivity index (χ2n) is 8.30. The van der Waals surface area contributed by atoms with Gasteiger partial charge in [0.15, 0.2) is 11.5 Å². The van der Waals surface area contributed by atoms with Crippen LogP contribution in [0.3, 0.4) is 0 Å². The number of aromatic nitrogens is 1. The number of carbonyl (C=O) groups is 3. The molecule has 2 unspecified atom stereocenters. The van der Waals surface area contributed by atoms with E-state index in [1.54, 1.807) is 30.6 Å². The Morgan fingerprint density at radius 2 is 1.94 bits per heavy atom. The van der Waals surface area contributed by atoms with Gasteiger partial charge in [0.2, 0.25) is 18.6 Å². The van der Waals surface area contributed by atoms with Crippen LogP contribution in [0.1, 0.15) is 24.0 Å². The molecule has 10 heteroatoms. The quantitative estimate of drug-likeness (QED) is 0.674. The third-order valence-electron chi connectivity index (χ3n) is 6.17. The summed E-state index contributed by atoms with van der Waals surface area (Å²) in [4.78, 5) is 45.9. The number of ether oxygens (including phenoxy) is 2. The van der Waals surface area contributed by atoms with Gasteiger partial charge in [0.25, 0.3) is 0 Å². The Morgan fingerprint density at radius 3 is 2.79 bits per heavy atom. The zero-order valence-electron chi connectivity index (χ0n) is 18.0. The Kier molecular flexibility index (Phi) is 5.82. The van der Waals surface area contributed by atoms with E-state index in [1.165, 1.54) is 9.80 Å². The van der Waals surface area contributed by atoms with Crippen LogP contribution in [0.2, 0.25) is 0 Å². The summed E-state index contributed by atoms with van der Waals surface area (Å²) in [6.45, 7) is 1.21. The van der Waals surface area contributed by atoms with Gasteiger partial charge in [-0.2, -0.15) is 0 Å². The first-order chi connectivity index (χ1) is 16.1. The summed E-state index contributed by atoms with van der Waals surface area (Å²) in [6.07, 6.45) is 4.75. The molecular formula is C23H25N5O5. The van der Waals surface area contributed by atoms with Gasteiger partial charge >= 0.3 is 6.03 Å². The molecule has 172 valence electrons. The van der Waals surface area contributed by atoms with Crippen molar-refractivity contribution in [3.05, 3.63) is 53.9 Å². The molecule has 2 aromatic rings. The molecule has 2 fully saturated rings. The summed E-state index contributed by atoms with van der Waals surface area (Å²) in [5, 5.41) is 6.11. The number of benzene rings is 1. The molecule has 0 spiro atoms. The number of imide groups is 1. The molecule has 3 aliphatic heterocycles. The standard InChI is InChI=1S/C23H25N5O5/c29-20(26-11-16-3-4-18-19(10-16)33-14-32-18)13-27-17-2-1-7-25-21(17)22(30)28(23(27)31)12-15-5-8-24-9-6-15/h3-6,8-10,17,21,25H,1-2,7,11-14H2,(H,26,29). The summed E-state index contributed by atoms with van der Waals surface area (Å²) in [7, 11) is 0. The number of hydrogen-bond acceptors (Lipinski definition) is 7. The van der Waals surface area contributed by atoms with Crippen molar-refractivity contribution in [1.29, 1.82) is 0 Å². The highest BCUT2D eigenvalue weighted by molar-refractivity contribution is 6.01. The number of urea groups is 1. The lowest BCUT2D eigenvalue weighted by Crippen LogP contribution is -2.70. The fraction of sp³-hybridized carbons (Fsp3) is 0.391. The molecule has 4 heterocycles. The number of piperidine rings is 1. The van der Waals surface area contributed by atoms with Gasteiger partial charge < -0.3 is 25.0 Å². The number of pyridine rings is 1. The van der Waals surface area contributed by atoms with E-state index < -0.39 is 12.1 Å². The van der Waals surface area contributed by atoms with Gasteiger partial charge in [-0.1, -0.05) is 6.07 Å². The first kappa shape index (κ1) is 21.2. The molecule has 1 aromatic heterocycles. The van der Waals surface area contributed by atoms with E-state index in [2.05, 4.69) is 15.6 Å². The minimum Gasteiger partial charge on any atom is -0.454 e. The van der Waals surface area contributed by atoms with Gasteiger partial charge in [0.1, 0.15) is 12.6 Å². The number of carbonyl (C=O) groups excluding carboxylic acids is 3. The van der Waals surface area contributed by atoms with Gasteiger partial charge in [0.05, 0.1) is 12.6 Å². The lowest BCUT2D eigenvalue weighted by Gasteiger charge is -2.46. The highest BCUT2D eigenvalue weighted by atomic mass is 16.7. The maximum Gasteiger partial charge on any atom is 0.327 e. The molecule has 33 heavy (non-hydrogen) atoms. The van der Waals surface area contributed by atoms with Gasteiger partial charge in [0, 0.05) is 18.9 Å².